The lowest BCUT2D eigenvalue weighted by Crippen LogP contribution is -2.56. The molecule has 1 rings (SSSR count). The highest BCUT2D eigenvalue weighted by Crippen LogP contribution is 2.29. The van der Waals surface area contributed by atoms with Crippen molar-refractivity contribution in [2.75, 3.05) is 0 Å². The average Bonchev–Trinajstić information content (AvgIpc) is 2.68. The maximum atomic E-state index is 11.6. The van der Waals surface area contributed by atoms with Gasteiger partial charge in [-0.1, -0.05) is 18.7 Å². The van der Waals surface area contributed by atoms with Gasteiger partial charge in [-0.25, -0.2) is 4.98 Å². The van der Waals surface area contributed by atoms with Crippen molar-refractivity contribution in [1.29, 1.82) is 0 Å². The van der Waals surface area contributed by atoms with Crippen LogP contribution in [0.1, 0.15) is 34.1 Å². The molecule has 5 nitrogen and oxygen atoms in total. The van der Waals surface area contributed by atoms with Crippen LogP contribution in [0.2, 0.25) is 0 Å². The first-order chi connectivity index (χ1) is 8.33. The zero-order valence-electron chi connectivity index (χ0n) is 11.1. The lowest BCUT2D eigenvalue weighted by Gasteiger charge is -2.31. The van der Waals surface area contributed by atoms with E-state index in [1.807, 2.05) is 20.8 Å². The minimum absolute atomic E-state index is 0.209. The van der Waals surface area contributed by atoms with Crippen LogP contribution < -0.4 is 11.1 Å². The fourth-order valence-electron chi connectivity index (χ4n) is 1.87. The molecule has 0 bridgehead atoms. The summed E-state index contributed by atoms with van der Waals surface area (Å²) in [6.45, 7) is 7.93. The van der Waals surface area contributed by atoms with Gasteiger partial charge in [0.1, 0.15) is 6.33 Å². The van der Waals surface area contributed by atoms with E-state index in [0.29, 0.717) is 6.42 Å². The molecule has 1 heterocycles. The van der Waals surface area contributed by atoms with E-state index >= 15 is 0 Å². The Morgan fingerprint density at radius 2 is 2.28 bits per heavy atom. The van der Waals surface area contributed by atoms with E-state index in [1.54, 1.807) is 18.1 Å². The molecule has 7 heteroatoms. The van der Waals surface area contributed by atoms with Gasteiger partial charge in [-0.3, -0.25) is 4.79 Å². The van der Waals surface area contributed by atoms with Gasteiger partial charge in [0.15, 0.2) is 4.34 Å². The largest absolute Gasteiger partial charge is 0.368 e. The average molecular weight is 288 g/mol. The van der Waals surface area contributed by atoms with Crippen LogP contribution in [0.15, 0.2) is 10.7 Å². The Balaban J connectivity index is 2.63. The first-order valence-corrected chi connectivity index (χ1v) is 7.49. The van der Waals surface area contributed by atoms with E-state index in [2.05, 4.69) is 21.6 Å². The molecular weight excluding hydrogens is 268 g/mol. The number of thioether (sulfide) groups is 1. The molecule has 0 fully saturated rings. The molecule has 3 N–H and O–H groups in total. The Labute approximate surface area is 116 Å². The molecule has 0 aliphatic rings. The number of primary amides is 1. The molecule has 1 aromatic rings. The summed E-state index contributed by atoms with van der Waals surface area (Å²) in [4.78, 5) is 15.7. The number of nitrogens with zero attached hydrogens (tertiary/aromatic N) is 2. The third-order valence-corrected chi connectivity index (χ3v) is 4.34. The topological polar surface area (TPSA) is 80.9 Å². The van der Waals surface area contributed by atoms with Crippen LogP contribution in [0.25, 0.3) is 0 Å². The van der Waals surface area contributed by atoms with E-state index in [-0.39, 0.29) is 17.2 Å². The quantitative estimate of drug-likeness (QED) is 0.746. The standard InChI is InChI=1S/C11H20N4OS2/c1-7(2)15-11(4,9(12)16)5-8(3)17-10-13-6-14-18-10/h6-8,15H,5H2,1-4H3,(H2,12,16). The second-order valence-corrected chi connectivity index (χ2v) is 7.30. The smallest absolute Gasteiger partial charge is 0.237 e. The summed E-state index contributed by atoms with van der Waals surface area (Å²) in [5.41, 5.74) is 4.82. The Hall–Kier alpha value is -0.660. The number of rotatable bonds is 7. The van der Waals surface area contributed by atoms with Crippen molar-refractivity contribution >= 4 is 29.2 Å². The summed E-state index contributed by atoms with van der Waals surface area (Å²) in [7, 11) is 0. The molecule has 0 saturated heterocycles. The third kappa shape index (κ3) is 4.55. The van der Waals surface area contributed by atoms with E-state index in [9.17, 15) is 4.79 Å². The Kier molecular flexibility index (Phi) is 5.55. The van der Waals surface area contributed by atoms with Crippen molar-refractivity contribution in [3.05, 3.63) is 6.33 Å². The van der Waals surface area contributed by atoms with Gasteiger partial charge in [-0.05, 0) is 38.7 Å². The van der Waals surface area contributed by atoms with Gasteiger partial charge in [-0.2, -0.15) is 4.37 Å². The molecule has 2 atom stereocenters. The number of hydrogen-bond donors (Lipinski definition) is 2. The number of nitrogens with two attached hydrogens (primary N) is 1. The van der Waals surface area contributed by atoms with Crippen LogP contribution in [-0.4, -0.2) is 32.1 Å². The lowest BCUT2D eigenvalue weighted by molar-refractivity contribution is -0.124. The molecule has 0 saturated carbocycles. The first-order valence-electron chi connectivity index (χ1n) is 5.84. The lowest BCUT2D eigenvalue weighted by atomic mass is 9.94. The molecule has 1 aromatic heterocycles. The highest BCUT2D eigenvalue weighted by Gasteiger charge is 2.33. The van der Waals surface area contributed by atoms with Gasteiger partial charge < -0.3 is 11.1 Å². The Morgan fingerprint density at radius 1 is 1.61 bits per heavy atom. The Morgan fingerprint density at radius 3 is 2.72 bits per heavy atom. The second kappa shape index (κ2) is 6.49. The summed E-state index contributed by atoms with van der Waals surface area (Å²) < 4.78 is 4.87. The highest BCUT2D eigenvalue weighted by molar-refractivity contribution is 8.01. The molecule has 2 unspecified atom stereocenters. The number of aromatic nitrogens is 2. The summed E-state index contributed by atoms with van der Waals surface area (Å²) in [6.07, 6.45) is 2.20. The number of hydrogen-bond acceptors (Lipinski definition) is 6. The third-order valence-electron chi connectivity index (χ3n) is 2.49. The van der Waals surface area contributed by atoms with Crippen molar-refractivity contribution < 1.29 is 4.79 Å². The predicted octanol–water partition coefficient (Wildman–Crippen LogP) is 1.65. The molecule has 102 valence electrons. The summed E-state index contributed by atoms with van der Waals surface area (Å²) in [5.74, 6) is -0.319. The summed E-state index contributed by atoms with van der Waals surface area (Å²) in [5, 5.41) is 3.48. The van der Waals surface area contributed by atoms with Gasteiger partial charge in [0.2, 0.25) is 5.91 Å². The van der Waals surface area contributed by atoms with E-state index in [4.69, 9.17) is 5.73 Å². The fourth-order valence-corrected chi connectivity index (χ4v) is 3.81. The molecule has 0 aliphatic heterocycles. The molecule has 0 radical (unpaired) electrons. The minimum atomic E-state index is -0.689. The second-order valence-electron chi connectivity index (χ2n) is 4.84. The number of nitrogens with one attached hydrogen (secondary N) is 1. The fraction of sp³-hybridized carbons (Fsp3) is 0.727. The summed E-state index contributed by atoms with van der Waals surface area (Å²) >= 11 is 2.98. The van der Waals surface area contributed by atoms with Crippen LogP contribution in [0, 0.1) is 0 Å². The first kappa shape index (κ1) is 15.4. The van der Waals surface area contributed by atoms with Crippen molar-refractivity contribution in [2.45, 2.75) is 55.3 Å². The zero-order chi connectivity index (χ0) is 13.8. The van der Waals surface area contributed by atoms with Crippen LogP contribution in [-0.2, 0) is 4.79 Å². The van der Waals surface area contributed by atoms with Crippen LogP contribution in [0.3, 0.4) is 0 Å². The highest BCUT2D eigenvalue weighted by atomic mass is 32.2. The normalized spacial score (nSPS) is 16.5. The maximum Gasteiger partial charge on any atom is 0.237 e. The number of carbonyl (C=O) groups is 1. The maximum absolute atomic E-state index is 11.6. The van der Waals surface area contributed by atoms with Gasteiger partial charge in [-0.15, -0.1) is 0 Å². The molecular formula is C11H20N4OS2. The van der Waals surface area contributed by atoms with Crippen molar-refractivity contribution in [1.82, 2.24) is 14.7 Å². The van der Waals surface area contributed by atoms with Gasteiger partial charge in [0.05, 0.1) is 5.54 Å². The van der Waals surface area contributed by atoms with Gasteiger partial charge >= 0.3 is 0 Å². The van der Waals surface area contributed by atoms with E-state index in [0.717, 1.165) is 4.34 Å². The Bertz CT molecular complexity index is 382. The van der Waals surface area contributed by atoms with E-state index < -0.39 is 5.54 Å². The zero-order valence-corrected chi connectivity index (χ0v) is 12.8. The monoisotopic (exact) mass is 288 g/mol. The molecule has 0 spiro atoms. The minimum Gasteiger partial charge on any atom is -0.368 e. The summed E-state index contributed by atoms with van der Waals surface area (Å²) in [6, 6.07) is 0.209. The molecule has 0 aromatic carbocycles. The van der Waals surface area contributed by atoms with Crippen molar-refractivity contribution in [2.24, 2.45) is 5.73 Å². The molecule has 1 amide bonds. The van der Waals surface area contributed by atoms with Crippen LogP contribution in [0.5, 0.6) is 0 Å². The molecule has 0 aliphatic carbocycles. The van der Waals surface area contributed by atoms with Crippen LogP contribution in [0.4, 0.5) is 0 Å². The number of carbonyl (C=O) groups excluding carboxylic acids is 1. The van der Waals surface area contributed by atoms with Gasteiger partial charge in [0, 0.05) is 11.3 Å². The number of amides is 1. The predicted molar refractivity (Wildman–Crippen MR) is 75.7 cm³/mol. The van der Waals surface area contributed by atoms with E-state index in [1.165, 1.54) is 11.5 Å². The van der Waals surface area contributed by atoms with Gasteiger partial charge in [0.25, 0.3) is 0 Å². The van der Waals surface area contributed by atoms with Crippen molar-refractivity contribution in [3.63, 3.8) is 0 Å². The van der Waals surface area contributed by atoms with Crippen LogP contribution >= 0.6 is 23.3 Å². The SMILES string of the molecule is CC(C)NC(C)(CC(C)Sc1ncns1)C(N)=O. The molecule has 18 heavy (non-hydrogen) atoms. The van der Waals surface area contributed by atoms with Crippen molar-refractivity contribution in [3.8, 4) is 0 Å².